The van der Waals surface area contributed by atoms with E-state index < -0.39 is 0 Å². The molecule has 0 spiro atoms. The molecule has 0 aliphatic rings. The zero-order valence-electron chi connectivity index (χ0n) is 6.39. The fourth-order valence-electron chi connectivity index (χ4n) is 0.543. The summed E-state index contributed by atoms with van der Waals surface area (Å²) in [6, 6.07) is 0. The number of alkyl halides is 1. The Kier molecular flexibility index (Phi) is 5.69. The average Bonchev–Trinajstić information content (AvgIpc) is 1.99. The molecule has 0 aromatic heterocycles. The van der Waals surface area contributed by atoms with Gasteiger partial charge in [0.05, 0.1) is 7.11 Å². The zero-order valence-corrected chi connectivity index (χ0v) is 7.98. The van der Waals surface area contributed by atoms with Gasteiger partial charge in [0.15, 0.2) is 0 Å². The Labute approximate surface area is 70.1 Å². The van der Waals surface area contributed by atoms with E-state index in [0.29, 0.717) is 12.3 Å². The van der Waals surface area contributed by atoms with Crippen LogP contribution in [0.3, 0.4) is 0 Å². The first kappa shape index (κ1) is 9.95. The largest absolute Gasteiger partial charge is 0.469 e. The molecule has 0 N–H and O–H groups in total. The van der Waals surface area contributed by atoms with E-state index in [1.54, 1.807) is 0 Å². The highest BCUT2D eigenvalue weighted by molar-refractivity contribution is 9.09. The molecule has 0 amide bonds. The molecule has 1 atom stereocenters. The highest BCUT2D eigenvalue weighted by Crippen LogP contribution is 2.08. The second kappa shape index (κ2) is 5.71. The molecule has 0 saturated carbocycles. The lowest BCUT2D eigenvalue weighted by atomic mass is 10.1. The van der Waals surface area contributed by atoms with Crippen LogP contribution in [-0.4, -0.2) is 18.4 Å². The van der Waals surface area contributed by atoms with Crippen molar-refractivity contribution in [1.29, 1.82) is 0 Å². The molecule has 0 aromatic carbocycles. The molecule has 0 rings (SSSR count). The molecule has 60 valence electrons. The van der Waals surface area contributed by atoms with Crippen LogP contribution in [0.15, 0.2) is 0 Å². The Morgan fingerprint density at radius 3 is 2.70 bits per heavy atom. The van der Waals surface area contributed by atoms with Crippen molar-refractivity contribution in [3.05, 3.63) is 0 Å². The van der Waals surface area contributed by atoms with Gasteiger partial charge in [0, 0.05) is 11.8 Å². The Balaban J connectivity index is 3.26. The number of rotatable bonds is 4. The minimum Gasteiger partial charge on any atom is -0.469 e. The summed E-state index contributed by atoms with van der Waals surface area (Å²) in [5, 5.41) is 0.948. The van der Waals surface area contributed by atoms with Gasteiger partial charge in [0.25, 0.3) is 0 Å². The van der Waals surface area contributed by atoms with Crippen molar-refractivity contribution in [2.24, 2.45) is 5.92 Å². The number of carbonyl (C=O) groups excluding carboxylic acids is 1. The fourth-order valence-corrected chi connectivity index (χ4v) is 0.867. The monoisotopic (exact) mass is 208 g/mol. The number of hydrogen-bond acceptors (Lipinski definition) is 2. The quantitative estimate of drug-likeness (QED) is 0.522. The third-order valence-corrected chi connectivity index (χ3v) is 2.44. The molecule has 3 heteroatoms. The van der Waals surface area contributed by atoms with Gasteiger partial charge >= 0.3 is 5.97 Å². The predicted octanol–water partition coefficient (Wildman–Crippen LogP) is 1.97. The lowest BCUT2D eigenvalue weighted by molar-refractivity contribution is -0.140. The van der Waals surface area contributed by atoms with E-state index in [1.165, 1.54) is 7.11 Å². The standard InChI is InChI=1S/C7H13BrO2/c1-6(5-8)3-4-7(9)10-2/h6H,3-5H2,1-2H3/t6-/m1/s1. The van der Waals surface area contributed by atoms with Gasteiger partial charge in [-0.2, -0.15) is 0 Å². The first-order valence-corrected chi connectivity index (χ1v) is 4.45. The maximum absolute atomic E-state index is 10.6. The van der Waals surface area contributed by atoms with Crippen LogP contribution in [0, 0.1) is 5.92 Å². The van der Waals surface area contributed by atoms with Crippen LogP contribution in [0.4, 0.5) is 0 Å². The van der Waals surface area contributed by atoms with Gasteiger partial charge in [-0.25, -0.2) is 0 Å². The first-order chi connectivity index (χ1) is 4.70. The first-order valence-electron chi connectivity index (χ1n) is 3.33. The van der Waals surface area contributed by atoms with Crippen LogP contribution < -0.4 is 0 Å². The van der Waals surface area contributed by atoms with Crippen molar-refractivity contribution in [3.8, 4) is 0 Å². The van der Waals surface area contributed by atoms with E-state index in [-0.39, 0.29) is 5.97 Å². The maximum atomic E-state index is 10.6. The predicted molar refractivity (Wildman–Crippen MR) is 44.2 cm³/mol. The topological polar surface area (TPSA) is 26.3 Å². The molecule has 10 heavy (non-hydrogen) atoms. The van der Waals surface area contributed by atoms with Gasteiger partial charge in [0.1, 0.15) is 0 Å². The summed E-state index contributed by atoms with van der Waals surface area (Å²) in [4.78, 5) is 10.6. The van der Waals surface area contributed by atoms with Crippen molar-refractivity contribution in [1.82, 2.24) is 0 Å². The molecule has 0 aliphatic carbocycles. The summed E-state index contributed by atoms with van der Waals surface area (Å²) in [6.07, 6.45) is 1.43. The number of carbonyl (C=O) groups is 1. The number of ether oxygens (including phenoxy) is 1. The fraction of sp³-hybridized carbons (Fsp3) is 0.857. The van der Waals surface area contributed by atoms with E-state index in [9.17, 15) is 4.79 Å². The molecule has 2 nitrogen and oxygen atoms in total. The summed E-state index contributed by atoms with van der Waals surface area (Å²) >= 11 is 3.33. The van der Waals surface area contributed by atoms with E-state index in [1.807, 2.05) is 0 Å². The molecule has 0 aliphatic heterocycles. The van der Waals surface area contributed by atoms with Crippen LogP contribution in [0.5, 0.6) is 0 Å². The molecular formula is C7H13BrO2. The second-order valence-corrected chi connectivity index (χ2v) is 3.02. The van der Waals surface area contributed by atoms with Crippen LogP contribution in [0.1, 0.15) is 19.8 Å². The molecule has 0 unspecified atom stereocenters. The molecule has 0 radical (unpaired) electrons. The van der Waals surface area contributed by atoms with E-state index in [0.717, 1.165) is 11.8 Å². The Morgan fingerprint density at radius 2 is 2.30 bits per heavy atom. The van der Waals surface area contributed by atoms with Gasteiger partial charge in [-0.1, -0.05) is 22.9 Å². The van der Waals surface area contributed by atoms with Crippen molar-refractivity contribution in [2.75, 3.05) is 12.4 Å². The minimum atomic E-state index is -0.118. The SMILES string of the molecule is COC(=O)CC[C@@H](C)CBr. The number of hydrogen-bond donors (Lipinski definition) is 0. The summed E-state index contributed by atoms with van der Waals surface area (Å²) in [5.41, 5.74) is 0. The molecule has 0 fully saturated rings. The second-order valence-electron chi connectivity index (χ2n) is 2.37. The van der Waals surface area contributed by atoms with Gasteiger partial charge in [-0.15, -0.1) is 0 Å². The van der Waals surface area contributed by atoms with E-state index >= 15 is 0 Å². The van der Waals surface area contributed by atoms with Crippen LogP contribution in [0.2, 0.25) is 0 Å². The third kappa shape index (κ3) is 4.79. The van der Waals surface area contributed by atoms with Gasteiger partial charge in [0.2, 0.25) is 0 Å². The summed E-state index contributed by atoms with van der Waals surface area (Å²) in [6.45, 7) is 2.09. The summed E-state index contributed by atoms with van der Waals surface area (Å²) < 4.78 is 4.49. The highest BCUT2D eigenvalue weighted by atomic mass is 79.9. The van der Waals surface area contributed by atoms with Crippen LogP contribution >= 0.6 is 15.9 Å². The zero-order chi connectivity index (χ0) is 7.98. The average molecular weight is 209 g/mol. The smallest absolute Gasteiger partial charge is 0.305 e. The van der Waals surface area contributed by atoms with Crippen molar-refractivity contribution in [2.45, 2.75) is 19.8 Å². The maximum Gasteiger partial charge on any atom is 0.305 e. The molecular weight excluding hydrogens is 196 g/mol. The normalized spacial score (nSPS) is 12.7. The minimum absolute atomic E-state index is 0.118. The van der Waals surface area contributed by atoms with Gasteiger partial charge in [-0.3, -0.25) is 4.79 Å². The Morgan fingerprint density at radius 1 is 1.70 bits per heavy atom. The lowest BCUT2D eigenvalue weighted by Crippen LogP contribution is -2.04. The molecule has 0 heterocycles. The molecule has 0 aromatic rings. The highest BCUT2D eigenvalue weighted by Gasteiger charge is 2.04. The molecule has 0 saturated heterocycles. The third-order valence-electron chi connectivity index (χ3n) is 1.33. The van der Waals surface area contributed by atoms with Gasteiger partial charge in [-0.05, 0) is 12.3 Å². The van der Waals surface area contributed by atoms with Crippen LogP contribution in [-0.2, 0) is 9.53 Å². The summed E-state index contributed by atoms with van der Waals surface area (Å²) in [7, 11) is 1.42. The Hall–Kier alpha value is -0.0500. The summed E-state index contributed by atoms with van der Waals surface area (Å²) in [5.74, 6) is 0.437. The number of halogens is 1. The number of methoxy groups -OCH3 is 1. The van der Waals surface area contributed by atoms with Crippen LogP contribution in [0.25, 0.3) is 0 Å². The van der Waals surface area contributed by atoms with E-state index in [4.69, 9.17) is 0 Å². The van der Waals surface area contributed by atoms with Crippen molar-refractivity contribution < 1.29 is 9.53 Å². The van der Waals surface area contributed by atoms with E-state index in [2.05, 4.69) is 27.6 Å². The van der Waals surface area contributed by atoms with Gasteiger partial charge < -0.3 is 4.74 Å². The van der Waals surface area contributed by atoms with Crippen molar-refractivity contribution >= 4 is 21.9 Å². The molecule has 0 bridgehead atoms. The lowest BCUT2D eigenvalue weighted by Gasteiger charge is -2.04. The van der Waals surface area contributed by atoms with Crippen molar-refractivity contribution in [3.63, 3.8) is 0 Å². The number of esters is 1. The Bertz CT molecular complexity index is 104.